The predicted molar refractivity (Wildman–Crippen MR) is 131 cm³/mol. The molecule has 1 aromatic carbocycles. The van der Waals surface area contributed by atoms with Crippen LogP contribution in [-0.4, -0.2) is 86.0 Å². The molecule has 0 bridgehead atoms. The maximum atomic E-state index is 12.8. The normalized spacial score (nSPS) is 23.4. The van der Waals surface area contributed by atoms with Crippen molar-refractivity contribution in [1.82, 2.24) is 20.0 Å². The topological polar surface area (TPSA) is 65.1 Å². The largest absolute Gasteiger partial charge is 0.497 e. The molecular formula is C26H42N4O3. The summed E-state index contributed by atoms with van der Waals surface area (Å²) in [6.07, 6.45) is 1.21. The van der Waals surface area contributed by atoms with Crippen LogP contribution >= 0.6 is 0 Å². The second kappa shape index (κ2) is 11.8. The summed E-state index contributed by atoms with van der Waals surface area (Å²) in [4.78, 5) is 32.0. The highest BCUT2D eigenvalue weighted by atomic mass is 16.5. The van der Waals surface area contributed by atoms with Crippen LogP contribution in [0.15, 0.2) is 24.3 Å². The number of hydrogen-bond acceptors (Lipinski definition) is 5. The maximum absolute atomic E-state index is 12.8. The van der Waals surface area contributed by atoms with Crippen molar-refractivity contribution in [1.29, 1.82) is 0 Å². The van der Waals surface area contributed by atoms with Crippen LogP contribution in [0.2, 0.25) is 0 Å². The van der Waals surface area contributed by atoms with Crippen LogP contribution in [0.25, 0.3) is 0 Å². The van der Waals surface area contributed by atoms with Gasteiger partial charge >= 0.3 is 0 Å². The molecule has 2 fully saturated rings. The number of piperidine rings is 1. The average Bonchev–Trinajstić information content (AvgIpc) is 2.78. The summed E-state index contributed by atoms with van der Waals surface area (Å²) in [6, 6.07) is 7.87. The van der Waals surface area contributed by atoms with Gasteiger partial charge in [-0.15, -0.1) is 0 Å². The van der Waals surface area contributed by atoms with Crippen molar-refractivity contribution in [3.63, 3.8) is 0 Å². The third kappa shape index (κ3) is 7.44. The molecule has 2 saturated heterocycles. The lowest BCUT2D eigenvalue weighted by Gasteiger charge is -2.38. The number of rotatable bonds is 8. The van der Waals surface area contributed by atoms with Gasteiger partial charge in [-0.1, -0.05) is 39.8 Å². The Morgan fingerprint density at radius 1 is 0.970 bits per heavy atom. The van der Waals surface area contributed by atoms with Crippen molar-refractivity contribution in [2.75, 3.05) is 59.5 Å². The first-order chi connectivity index (χ1) is 15.7. The van der Waals surface area contributed by atoms with E-state index in [0.29, 0.717) is 24.9 Å². The van der Waals surface area contributed by atoms with Crippen LogP contribution in [0.5, 0.6) is 5.75 Å². The van der Waals surface area contributed by atoms with Crippen LogP contribution < -0.4 is 10.1 Å². The zero-order valence-corrected chi connectivity index (χ0v) is 21.0. The summed E-state index contributed by atoms with van der Waals surface area (Å²) < 4.78 is 5.25. The fraction of sp³-hybridized carbons (Fsp3) is 0.692. The Balaban J connectivity index is 1.44. The first kappa shape index (κ1) is 25.5. The first-order valence-corrected chi connectivity index (χ1v) is 12.4. The molecule has 2 amide bonds. The molecule has 7 heteroatoms. The number of nitrogens with zero attached hydrogens (tertiary/aromatic N) is 3. The van der Waals surface area contributed by atoms with Crippen molar-refractivity contribution < 1.29 is 14.3 Å². The van der Waals surface area contributed by atoms with Crippen molar-refractivity contribution in [3.8, 4) is 5.75 Å². The minimum atomic E-state index is -0.0309. The molecule has 0 aromatic heterocycles. The highest BCUT2D eigenvalue weighted by Gasteiger charge is 2.28. The molecule has 184 valence electrons. The van der Waals surface area contributed by atoms with Gasteiger partial charge < -0.3 is 15.0 Å². The molecular weight excluding hydrogens is 416 g/mol. The lowest BCUT2D eigenvalue weighted by atomic mass is 9.92. The van der Waals surface area contributed by atoms with E-state index in [9.17, 15) is 9.59 Å². The third-order valence-corrected chi connectivity index (χ3v) is 6.87. The van der Waals surface area contributed by atoms with Gasteiger partial charge in [-0.25, -0.2) is 0 Å². The Kier molecular flexibility index (Phi) is 9.15. The van der Waals surface area contributed by atoms with Gasteiger partial charge in [-0.3, -0.25) is 19.4 Å². The molecule has 33 heavy (non-hydrogen) atoms. The quantitative estimate of drug-likeness (QED) is 0.649. The number of methoxy groups -OCH3 is 1. The van der Waals surface area contributed by atoms with E-state index in [-0.39, 0.29) is 23.8 Å². The zero-order chi connectivity index (χ0) is 24.0. The van der Waals surface area contributed by atoms with E-state index in [0.717, 1.165) is 50.6 Å². The molecule has 0 spiro atoms. The van der Waals surface area contributed by atoms with E-state index in [1.54, 1.807) is 7.11 Å². The van der Waals surface area contributed by atoms with Gasteiger partial charge in [-0.05, 0) is 41.9 Å². The van der Waals surface area contributed by atoms with Crippen LogP contribution in [0.4, 0.5) is 0 Å². The molecule has 0 radical (unpaired) electrons. The summed E-state index contributed by atoms with van der Waals surface area (Å²) in [7, 11) is 1.65. The van der Waals surface area contributed by atoms with Gasteiger partial charge in [0.05, 0.1) is 26.2 Å². The minimum Gasteiger partial charge on any atom is -0.497 e. The standard InChI is InChI=1S/C26H42N4O3/c1-19(2)26(22-6-8-23(33-5)9-7-22)27-24(31)17-28-10-12-29(13-11-28)18-25(32)30-15-20(3)14-21(4)16-30/h6-9,19-21,26H,10-18H2,1-5H3,(H,27,31). The number of carbonyl (C=O) groups is 2. The Labute approximate surface area is 199 Å². The number of nitrogens with one attached hydrogen (secondary N) is 1. The Morgan fingerprint density at radius 3 is 2.03 bits per heavy atom. The van der Waals surface area contributed by atoms with Crippen molar-refractivity contribution in [2.24, 2.45) is 17.8 Å². The second-order valence-corrected chi connectivity index (χ2v) is 10.4. The van der Waals surface area contributed by atoms with Gasteiger partial charge in [0.1, 0.15) is 5.75 Å². The minimum absolute atomic E-state index is 0.0309. The summed E-state index contributed by atoms with van der Waals surface area (Å²) in [6.45, 7) is 14.6. The third-order valence-electron chi connectivity index (χ3n) is 6.87. The summed E-state index contributed by atoms with van der Waals surface area (Å²) in [5, 5.41) is 3.22. The summed E-state index contributed by atoms with van der Waals surface area (Å²) in [5.41, 5.74) is 1.09. The van der Waals surface area contributed by atoms with E-state index in [4.69, 9.17) is 4.74 Å². The van der Waals surface area contributed by atoms with Crippen molar-refractivity contribution in [2.45, 2.75) is 40.2 Å². The number of piperazine rings is 1. The van der Waals surface area contributed by atoms with E-state index in [1.807, 2.05) is 29.2 Å². The maximum Gasteiger partial charge on any atom is 0.236 e. The van der Waals surface area contributed by atoms with Crippen LogP contribution in [-0.2, 0) is 9.59 Å². The first-order valence-electron chi connectivity index (χ1n) is 12.4. The molecule has 2 aliphatic rings. The highest BCUT2D eigenvalue weighted by Crippen LogP contribution is 2.24. The van der Waals surface area contributed by atoms with Gasteiger partial charge in [-0.2, -0.15) is 0 Å². The summed E-state index contributed by atoms with van der Waals surface area (Å²) in [5.74, 6) is 2.56. The SMILES string of the molecule is COc1ccc(C(NC(=O)CN2CCN(CC(=O)N3CC(C)CC(C)C3)CC2)C(C)C)cc1. The summed E-state index contributed by atoms with van der Waals surface area (Å²) >= 11 is 0. The van der Waals surface area contributed by atoms with Gasteiger partial charge in [0, 0.05) is 39.3 Å². The molecule has 3 rings (SSSR count). The van der Waals surface area contributed by atoms with Crippen molar-refractivity contribution in [3.05, 3.63) is 29.8 Å². The monoisotopic (exact) mass is 458 g/mol. The van der Waals surface area contributed by atoms with Gasteiger partial charge in [0.2, 0.25) is 11.8 Å². The van der Waals surface area contributed by atoms with E-state index >= 15 is 0 Å². The van der Waals surface area contributed by atoms with E-state index in [2.05, 4.69) is 42.8 Å². The molecule has 0 aliphatic carbocycles. The molecule has 3 atom stereocenters. The predicted octanol–water partition coefficient (Wildman–Crippen LogP) is 2.63. The molecule has 2 heterocycles. The molecule has 0 saturated carbocycles. The zero-order valence-electron chi connectivity index (χ0n) is 21.0. The molecule has 3 unspecified atom stereocenters. The molecule has 1 aromatic rings. The average molecular weight is 459 g/mol. The second-order valence-electron chi connectivity index (χ2n) is 10.4. The molecule has 7 nitrogen and oxygen atoms in total. The lowest BCUT2D eigenvalue weighted by Crippen LogP contribution is -2.53. The molecule has 2 aliphatic heterocycles. The fourth-order valence-corrected chi connectivity index (χ4v) is 5.13. The van der Waals surface area contributed by atoms with Gasteiger partial charge in [0.15, 0.2) is 0 Å². The molecule has 1 N–H and O–H groups in total. The van der Waals surface area contributed by atoms with Crippen LogP contribution in [0, 0.1) is 17.8 Å². The van der Waals surface area contributed by atoms with Crippen molar-refractivity contribution >= 4 is 11.8 Å². The van der Waals surface area contributed by atoms with Crippen LogP contribution in [0.1, 0.15) is 45.7 Å². The number of benzene rings is 1. The Bertz CT molecular complexity index is 764. The number of likely N-dealkylation sites (tertiary alicyclic amines) is 1. The number of hydrogen-bond donors (Lipinski definition) is 1. The fourth-order valence-electron chi connectivity index (χ4n) is 5.13. The lowest BCUT2D eigenvalue weighted by molar-refractivity contribution is -0.136. The Hall–Kier alpha value is -2.12. The smallest absolute Gasteiger partial charge is 0.236 e. The van der Waals surface area contributed by atoms with E-state index < -0.39 is 0 Å². The number of amides is 2. The van der Waals surface area contributed by atoms with Gasteiger partial charge in [0.25, 0.3) is 0 Å². The van der Waals surface area contributed by atoms with Crippen LogP contribution in [0.3, 0.4) is 0 Å². The number of carbonyl (C=O) groups excluding carboxylic acids is 2. The Morgan fingerprint density at radius 2 is 1.52 bits per heavy atom. The van der Waals surface area contributed by atoms with E-state index in [1.165, 1.54) is 6.42 Å². The number of ether oxygens (including phenoxy) is 1. The highest BCUT2D eigenvalue weighted by molar-refractivity contribution is 5.79.